The number of hydrogen-bond donors (Lipinski definition) is 4. The summed E-state index contributed by atoms with van der Waals surface area (Å²) in [7, 11) is 1.82. The van der Waals surface area contributed by atoms with Crippen LogP contribution in [0.3, 0.4) is 0 Å². The van der Waals surface area contributed by atoms with E-state index >= 15 is 0 Å². The van der Waals surface area contributed by atoms with Gasteiger partial charge in [0.2, 0.25) is 0 Å². The van der Waals surface area contributed by atoms with E-state index in [1.807, 2.05) is 20.1 Å². The molecule has 1 spiro atoms. The largest absolute Gasteiger partial charge is 0.504 e. The first-order valence-electron chi connectivity index (χ1n) is 18.9. The Hall–Kier alpha value is -3.28. The van der Waals surface area contributed by atoms with Crippen molar-refractivity contribution >= 4 is 11.7 Å². The summed E-state index contributed by atoms with van der Waals surface area (Å²) in [5.74, 6) is 8.52. The Morgan fingerprint density at radius 1 is 1.18 bits per heavy atom. The Balaban J connectivity index is 1.56. The molecule has 7 atom stereocenters. The van der Waals surface area contributed by atoms with Crippen molar-refractivity contribution < 1.29 is 24.5 Å². The molecule has 3 fully saturated rings. The van der Waals surface area contributed by atoms with Crippen molar-refractivity contribution in [2.24, 2.45) is 39.6 Å². The van der Waals surface area contributed by atoms with E-state index in [0.29, 0.717) is 30.9 Å². The first-order chi connectivity index (χ1) is 23.7. The predicted octanol–water partition coefficient (Wildman–Crippen LogP) is 6.59. The lowest BCUT2D eigenvalue weighted by Gasteiger charge is -2.60. The van der Waals surface area contributed by atoms with Gasteiger partial charge in [0.25, 0.3) is 0 Å². The smallest absolute Gasteiger partial charge is 0.186 e. The van der Waals surface area contributed by atoms with Gasteiger partial charge in [-0.25, -0.2) is 4.99 Å². The van der Waals surface area contributed by atoms with Gasteiger partial charge in [0.1, 0.15) is 0 Å². The van der Waals surface area contributed by atoms with Crippen molar-refractivity contribution in [3.05, 3.63) is 46.1 Å². The molecule has 0 aliphatic heterocycles. The molecule has 266 valence electrons. The minimum absolute atomic E-state index is 0.000173. The second-order valence-corrected chi connectivity index (χ2v) is 15.5. The summed E-state index contributed by atoms with van der Waals surface area (Å²) in [6, 6.07) is 1.79. The van der Waals surface area contributed by atoms with Gasteiger partial charge in [0.05, 0.1) is 24.9 Å². The molecule has 0 radical (unpaired) electrons. The van der Waals surface area contributed by atoms with Crippen molar-refractivity contribution in [2.75, 3.05) is 13.7 Å². The molecule has 1 aromatic rings. The minimum Gasteiger partial charge on any atom is -0.504 e. The number of ketones is 1. The molecule has 0 amide bonds. The number of guanidine groups is 1. The van der Waals surface area contributed by atoms with Crippen LogP contribution >= 0.6 is 0 Å². The zero-order valence-corrected chi connectivity index (χ0v) is 29.8. The summed E-state index contributed by atoms with van der Waals surface area (Å²) in [6.45, 7) is 4.30. The third-order valence-corrected chi connectivity index (χ3v) is 12.3. The summed E-state index contributed by atoms with van der Waals surface area (Å²) in [4.78, 5) is 18.0. The molecule has 6 rings (SSSR count). The van der Waals surface area contributed by atoms with Crippen LogP contribution in [-0.4, -0.2) is 53.9 Å². The molecule has 5 aliphatic carbocycles. The number of aryl methyl sites for hydroxylation is 1. The number of aliphatic hydroxyl groups excluding tert-OH is 1. The Morgan fingerprint density at radius 3 is 2.69 bits per heavy atom. The number of nitrogens with zero attached hydrogens (tertiary/aromatic N) is 1. The number of allylic oxidation sites excluding steroid dienone is 3. The number of fused-ring (bicyclic) bond motifs is 1. The number of hydrogen-bond acceptors (Lipinski definition) is 6. The summed E-state index contributed by atoms with van der Waals surface area (Å²) >= 11 is 0. The van der Waals surface area contributed by atoms with Crippen LogP contribution in [0.25, 0.3) is 0 Å². The van der Waals surface area contributed by atoms with Crippen LogP contribution in [-0.2, 0) is 16.0 Å². The van der Waals surface area contributed by atoms with Crippen LogP contribution in [0.15, 0.2) is 34.4 Å². The molecule has 6 N–H and O–H groups in total. The highest BCUT2D eigenvalue weighted by molar-refractivity contribution is 5.90. The summed E-state index contributed by atoms with van der Waals surface area (Å²) in [5.41, 5.74) is 16.7. The third kappa shape index (κ3) is 7.30. The second-order valence-electron chi connectivity index (χ2n) is 15.5. The lowest BCUT2D eigenvalue weighted by atomic mass is 9.45. The van der Waals surface area contributed by atoms with Gasteiger partial charge < -0.3 is 31.2 Å². The highest BCUT2D eigenvalue weighted by Gasteiger charge is 2.59. The van der Waals surface area contributed by atoms with Gasteiger partial charge in [-0.05, 0) is 123 Å². The number of carbonyl (C=O) groups excluding carboxylic acids is 1. The van der Waals surface area contributed by atoms with E-state index in [4.69, 9.17) is 20.9 Å². The number of aromatic hydroxyl groups is 1. The number of ether oxygens (including phenoxy) is 2. The summed E-state index contributed by atoms with van der Waals surface area (Å²) < 4.78 is 13.0. The fraction of sp³-hybridized carbons (Fsp3) is 0.659. The van der Waals surface area contributed by atoms with E-state index in [9.17, 15) is 15.0 Å². The Bertz CT molecular complexity index is 1540. The van der Waals surface area contributed by atoms with E-state index in [-0.39, 0.29) is 71.9 Å². The van der Waals surface area contributed by atoms with Crippen molar-refractivity contribution in [3.63, 3.8) is 0 Å². The van der Waals surface area contributed by atoms with Crippen molar-refractivity contribution in [2.45, 2.75) is 134 Å². The Morgan fingerprint density at radius 2 is 1.98 bits per heavy atom. The molecular formula is C41H57N3O5. The number of aliphatic imine (C=N–C) groups is 1. The van der Waals surface area contributed by atoms with Gasteiger partial charge >= 0.3 is 0 Å². The highest BCUT2D eigenvalue weighted by atomic mass is 16.5. The number of rotatable bonds is 11. The maximum absolute atomic E-state index is 13.3. The molecule has 0 saturated heterocycles. The average molecular weight is 672 g/mol. The molecule has 3 saturated carbocycles. The molecule has 8 heteroatoms. The molecule has 1 aromatic carbocycles. The van der Waals surface area contributed by atoms with Crippen LogP contribution in [0.4, 0.5) is 0 Å². The minimum atomic E-state index is -0.166. The molecule has 0 aromatic heterocycles. The van der Waals surface area contributed by atoms with Crippen molar-refractivity contribution in [3.8, 4) is 23.3 Å². The number of phenolic OH excluding ortho intramolecular Hbond substituents is 1. The van der Waals surface area contributed by atoms with Gasteiger partial charge in [-0.2, -0.15) is 0 Å². The molecule has 8 nitrogen and oxygen atoms in total. The monoisotopic (exact) mass is 671 g/mol. The van der Waals surface area contributed by atoms with Gasteiger partial charge in [0.15, 0.2) is 23.2 Å². The Labute approximate surface area is 292 Å². The first-order valence-corrected chi connectivity index (χ1v) is 18.9. The zero-order valence-electron chi connectivity index (χ0n) is 29.8. The van der Waals surface area contributed by atoms with E-state index in [2.05, 4.69) is 29.8 Å². The van der Waals surface area contributed by atoms with Gasteiger partial charge in [-0.1, -0.05) is 43.8 Å². The lowest BCUT2D eigenvalue weighted by Crippen LogP contribution is -2.53. The van der Waals surface area contributed by atoms with E-state index in [1.54, 1.807) is 6.08 Å². The number of phenols is 1. The van der Waals surface area contributed by atoms with Crippen LogP contribution in [0.1, 0.15) is 126 Å². The number of benzene rings is 1. The van der Waals surface area contributed by atoms with Crippen molar-refractivity contribution in [1.29, 1.82) is 0 Å². The van der Waals surface area contributed by atoms with Crippen LogP contribution < -0.4 is 16.2 Å². The van der Waals surface area contributed by atoms with E-state index < -0.39 is 0 Å². The molecular weight excluding hydrogens is 614 g/mol. The molecule has 1 unspecified atom stereocenters. The topological polar surface area (TPSA) is 140 Å². The predicted molar refractivity (Wildman–Crippen MR) is 193 cm³/mol. The summed E-state index contributed by atoms with van der Waals surface area (Å²) in [6.07, 6.45) is 17.1. The maximum atomic E-state index is 13.3. The highest BCUT2D eigenvalue weighted by Crippen LogP contribution is 2.68. The average Bonchev–Trinajstić information content (AvgIpc) is 3.58. The van der Waals surface area contributed by atoms with Gasteiger partial charge in [-0.15, -0.1) is 0 Å². The quantitative estimate of drug-likeness (QED) is 0.0684. The fourth-order valence-electron chi connectivity index (χ4n) is 10.2. The lowest BCUT2D eigenvalue weighted by molar-refractivity contribution is -0.114. The zero-order chi connectivity index (χ0) is 34.7. The fourth-order valence-corrected chi connectivity index (χ4v) is 10.2. The van der Waals surface area contributed by atoms with Crippen molar-refractivity contribution in [1.82, 2.24) is 0 Å². The SMILES string of the molecule is CCCC(=CC(=O)CCc1cc(OC2CCCC2)c(O)c2c1C#CC[C@H](N=C(N)N)CC1C=C3CC[C@@H](C)C[C@]34CC[C@@H](OC)[C@@H]1[C@@H]24)CO. The van der Waals surface area contributed by atoms with E-state index in [1.165, 1.54) is 5.57 Å². The third-order valence-electron chi connectivity index (χ3n) is 12.3. The summed E-state index contributed by atoms with van der Waals surface area (Å²) in [5, 5.41) is 22.4. The molecule has 4 bridgehead atoms. The number of aliphatic hydroxyl groups is 1. The van der Waals surface area contributed by atoms with E-state index in [0.717, 1.165) is 92.9 Å². The van der Waals surface area contributed by atoms with Crippen LogP contribution in [0, 0.1) is 35.0 Å². The number of methoxy groups -OCH3 is 1. The first kappa shape index (κ1) is 35.5. The number of carbonyl (C=O) groups is 1. The molecule has 49 heavy (non-hydrogen) atoms. The van der Waals surface area contributed by atoms with Crippen LogP contribution in [0.2, 0.25) is 0 Å². The molecule has 5 aliphatic rings. The van der Waals surface area contributed by atoms with Gasteiger partial charge in [-0.3, -0.25) is 4.79 Å². The molecule has 0 heterocycles. The normalized spacial score (nSPS) is 31.0. The standard InChI is InChI=1S/C41H57N3O5/c1-4-8-26(24-45)19-31(46)16-14-27-22-35(49-32-10-5-6-11-32)39(47)37-33(27)12-7-9-30(44-40(42)43)21-28-20-29-15-13-25(2)23-41(29)18-17-34(48-3)36(28)38(37)41/h19-20,22,25,28,30,32,34,36,38,45,47H,4-6,8-11,13-18,21,23-24H2,1-3H3,(H4,42,43,44)/t25-,28?,30+,34-,36-,38+,41-/m1/s1. The number of nitrogens with two attached hydrogens (primary N) is 2. The second kappa shape index (κ2) is 15.3. The van der Waals surface area contributed by atoms with Crippen LogP contribution in [0.5, 0.6) is 11.5 Å². The Kier molecular flexibility index (Phi) is 11.1. The maximum Gasteiger partial charge on any atom is 0.186 e. The van der Waals surface area contributed by atoms with Gasteiger partial charge in [0, 0.05) is 37.0 Å².